The smallest absolute Gasteiger partial charge is 0.321 e. The molecule has 0 saturated carbocycles. The Bertz CT molecular complexity index is 1310. The Morgan fingerprint density at radius 1 is 1.03 bits per heavy atom. The van der Waals surface area contributed by atoms with Gasteiger partial charge in [0, 0.05) is 22.9 Å². The van der Waals surface area contributed by atoms with Gasteiger partial charge in [0.25, 0.3) is 0 Å². The summed E-state index contributed by atoms with van der Waals surface area (Å²) in [7, 11) is 0. The molecule has 31 heavy (non-hydrogen) atoms. The number of hydrogen-bond donors (Lipinski definition) is 0. The van der Waals surface area contributed by atoms with Gasteiger partial charge >= 0.3 is 11.1 Å². The lowest BCUT2D eigenvalue weighted by molar-refractivity contribution is 0.338. The van der Waals surface area contributed by atoms with Gasteiger partial charge in [0.15, 0.2) is 0 Å². The van der Waals surface area contributed by atoms with Gasteiger partial charge in [-0.05, 0) is 49.6 Å². The topological polar surface area (TPSA) is 92.2 Å². The molecule has 2 aromatic carbocycles. The van der Waals surface area contributed by atoms with Gasteiger partial charge in [-0.25, -0.2) is 0 Å². The van der Waals surface area contributed by atoms with Crippen LogP contribution in [0.1, 0.15) is 12.8 Å². The lowest BCUT2D eigenvalue weighted by atomic mass is 10.2. The van der Waals surface area contributed by atoms with Crippen LogP contribution >= 0.6 is 11.8 Å². The van der Waals surface area contributed by atoms with Crippen molar-refractivity contribution in [3.05, 3.63) is 87.5 Å². The van der Waals surface area contributed by atoms with E-state index in [0.29, 0.717) is 23.9 Å². The molecule has 2 aromatic heterocycles. The molecule has 0 bridgehead atoms. The first-order valence-corrected chi connectivity index (χ1v) is 10.8. The number of benzene rings is 2. The summed E-state index contributed by atoms with van der Waals surface area (Å²) in [6.07, 6.45) is 5.05. The highest BCUT2D eigenvalue weighted by Crippen LogP contribution is 2.22. The lowest BCUT2D eigenvalue weighted by Crippen LogP contribution is -2.40. The Balaban J connectivity index is 1.61. The Morgan fingerprint density at radius 3 is 2.55 bits per heavy atom. The summed E-state index contributed by atoms with van der Waals surface area (Å²) < 4.78 is 13.4. The first kappa shape index (κ1) is 20.7. The van der Waals surface area contributed by atoms with Crippen molar-refractivity contribution in [3.63, 3.8) is 0 Å². The molecule has 0 N–H and O–H groups in total. The highest BCUT2D eigenvalue weighted by molar-refractivity contribution is 7.98. The van der Waals surface area contributed by atoms with E-state index in [4.69, 9.17) is 9.26 Å². The van der Waals surface area contributed by atoms with Gasteiger partial charge in [0.1, 0.15) is 12.3 Å². The predicted molar refractivity (Wildman–Crippen MR) is 118 cm³/mol. The second-order valence-electron chi connectivity index (χ2n) is 6.55. The molecule has 0 saturated heterocycles. The van der Waals surface area contributed by atoms with Crippen LogP contribution in [0.2, 0.25) is 0 Å². The minimum absolute atomic E-state index is 0.00207. The third kappa shape index (κ3) is 4.31. The van der Waals surface area contributed by atoms with Gasteiger partial charge in [-0.15, -0.1) is 11.8 Å². The molecule has 0 aliphatic carbocycles. The average Bonchev–Trinajstić information content (AvgIpc) is 3.27. The minimum Gasteiger partial charge on any atom is -0.492 e. The van der Waals surface area contributed by atoms with E-state index in [-0.39, 0.29) is 12.4 Å². The molecule has 0 unspecified atom stereocenters. The number of aromatic nitrogens is 4. The zero-order valence-electron chi connectivity index (χ0n) is 17.0. The minimum atomic E-state index is -0.696. The Kier molecular flexibility index (Phi) is 6.03. The number of para-hydroxylation sites is 2. The molecule has 0 aliphatic heterocycles. The van der Waals surface area contributed by atoms with E-state index in [2.05, 4.69) is 10.1 Å². The number of rotatable bonds is 7. The van der Waals surface area contributed by atoms with Crippen LogP contribution in [0.15, 0.2) is 79.9 Å². The average molecular weight is 436 g/mol. The number of thioether (sulfide) groups is 1. The van der Waals surface area contributed by atoms with Gasteiger partial charge in [-0.3, -0.25) is 18.7 Å². The molecule has 0 atom stereocenters. The molecular formula is C22H20N4O4S. The van der Waals surface area contributed by atoms with Gasteiger partial charge in [-0.2, -0.15) is 4.98 Å². The van der Waals surface area contributed by atoms with E-state index in [0.717, 1.165) is 10.5 Å². The molecule has 0 aliphatic rings. The number of nitrogens with zero attached hydrogens (tertiary/aromatic N) is 4. The molecule has 158 valence electrons. The van der Waals surface area contributed by atoms with Crippen molar-refractivity contribution in [3.8, 4) is 22.8 Å². The maximum Gasteiger partial charge on any atom is 0.321 e. The molecule has 9 heteroatoms. The van der Waals surface area contributed by atoms with Crippen molar-refractivity contribution < 1.29 is 9.26 Å². The quantitative estimate of drug-likeness (QED) is 0.324. The monoisotopic (exact) mass is 436 g/mol. The van der Waals surface area contributed by atoms with Gasteiger partial charge in [0.2, 0.25) is 11.7 Å². The first-order valence-electron chi connectivity index (χ1n) is 9.62. The van der Waals surface area contributed by atoms with Crippen LogP contribution in [0.4, 0.5) is 0 Å². The van der Waals surface area contributed by atoms with Crippen molar-refractivity contribution in [1.29, 1.82) is 0 Å². The lowest BCUT2D eigenvalue weighted by Gasteiger charge is -2.12. The summed E-state index contributed by atoms with van der Waals surface area (Å²) in [5.41, 5.74) is -0.0737. The van der Waals surface area contributed by atoms with Crippen LogP contribution in [-0.2, 0) is 6.54 Å². The second kappa shape index (κ2) is 9.05. The van der Waals surface area contributed by atoms with E-state index in [1.165, 1.54) is 21.5 Å². The maximum absolute atomic E-state index is 12.7. The van der Waals surface area contributed by atoms with Gasteiger partial charge in [-0.1, -0.05) is 17.3 Å². The van der Waals surface area contributed by atoms with Crippen molar-refractivity contribution >= 4 is 11.8 Å². The SMILES string of the molecule is CCOc1ccccc1-n1ccn(Cc2nc(-c3ccc(SC)cc3)no2)c(=O)c1=O. The zero-order chi connectivity index (χ0) is 21.8. The standard InChI is InChI=1S/C22H20N4O4S/c1-3-29-18-7-5-4-6-17(18)26-13-12-25(21(27)22(26)28)14-19-23-20(24-30-19)15-8-10-16(31-2)11-9-15/h4-13H,3,14H2,1-2H3. The predicted octanol–water partition coefficient (Wildman–Crippen LogP) is 3.22. The third-order valence-electron chi connectivity index (χ3n) is 4.60. The highest BCUT2D eigenvalue weighted by Gasteiger charge is 2.14. The Morgan fingerprint density at radius 2 is 1.81 bits per heavy atom. The summed E-state index contributed by atoms with van der Waals surface area (Å²) in [4.78, 5) is 30.9. The van der Waals surface area contributed by atoms with Crippen LogP contribution < -0.4 is 15.9 Å². The summed E-state index contributed by atoms with van der Waals surface area (Å²) in [5, 5.41) is 3.98. The van der Waals surface area contributed by atoms with Crippen LogP contribution in [0, 0.1) is 0 Å². The van der Waals surface area contributed by atoms with Crippen molar-refractivity contribution in [2.75, 3.05) is 12.9 Å². The fraction of sp³-hybridized carbons (Fsp3) is 0.182. The summed E-state index contributed by atoms with van der Waals surface area (Å²) in [6, 6.07) is 14.8. The highest BCUT2D eigenvalue weighted by atomic mass is 32.2. The van der Waals surface area contributed by atoms with Crippen molar-refractivity contribution in [1.82, 2.24) is 19.3 Å². The maximum atomic E-state index is 12.7. The van der Waals surface area contributed by atoms with Crippen molar-refractivity contribution in [2.24, 2.45) is 0 Å². The molecule has 4 rings (SSSR count). The third-order valence-corrected chi connectivity index (χ3v) is 5.35. The summed E-state index contributed by atoms with van der Waals surface area (Å²) in [6.45, 7) is 2.30. The molecule has 0 radical (unpaired) electrons. The molecular weight excluding hydrogens is 416 g/mol. The molecule has 0 fully saturated rings. The van der Waals surface area contributed by atoms with E-state index in [1.54, 1.807) is 30.0 Å². The van der Waals surface area contributed by atoms with Crippen LogP contribution in [0.3, 0.4) is 0 Å². The molecule has 8 nitrogen and oxygen atoms in total. The normalized spacial score (nSPS) is 10.9. The fourth-order valence-electron chi connectivity index (χ4n) is 3.08. The Labute approximate surface area is 182 Å². The van der Waals surface area contributed by atoms with Crippen LogP contribution in [-0.4, -0.2) is 32.1 Å². The fourth-order valence-corrected chi connectivity index (χ4v) is 3.49. The molecule has 0 spiro atoms. The molecule has 4 aromatic rings. The molecule has 0 amide bonds. The summed E-state index contributed by atoms with van der Waals surface area (Å²) >= 11 is 1.64. The van der Waals surface area contributed by atoms with E-state index in [9.17, 15) is 9.59 Å². The van der Waals surface area contributed by atoms with Crippen molar-refractivity contribution in [2.45, 2.75) is 18.4 Å². The second-order valence-corrected chi connectivity index (χ2v) is 7.43. The summed E-state index contributed by atoms with van der Waals surface area (Å²) in [5.74, 6) is 1.19. The van der Waals surface area contributed by atoms with Gasteiger partial charge in [0.05, 0.1) is 12.3 Å². The van der Waals surface area contributed by atoms with E-state index >= 15 is 0 Å². The Hall–Kier alpha value is -3.59. The number of hydrogen-bond acceptors (Lipinski definition) is 7. The largest absolute Gasteiger partial charge is 0.492 e. The van der Waals surface area contributed by atoms with Crippen LogP contribution in [0.5, 0.6) is 5.75 Å². The van der Waals surface area contributed by atoms with Gasteiger partial charge < -0.3 is 9.26 Å². The van der Waals surface area contributed by atoms with Crippen LogP contribution in [0.25, 0.3) is 17.1 Å². The molecule has 2 heterocycles. The first-order chi connectivity index (χ1) is 15.1. The van der Waals surface area contributed by atoms with E-state index in [1.807, 2.05) is 43.5 Å². The number of ether oxygens (including phenoxy) is 1. The van der Waals surface area contributed by atoms with E-state index < -0.39 is 11.1 Å². The zero-order valence-corrected chi connectivity index (χ0v) is 17.8.